The van der Waals surface area contributed by atoms with Crippen LogP contribution in [0, 0.1) is 10.1 Å². The smallest absolute Gasteiger partial charge is 0.275 e. The van der Waals surface area contributed by atoms with Crippen molar-refractivity contribution in [2.45, 2.75) is 0 Å². The van der Waals surface area contributed by atoms with Gasteiger partial charge in [0.1, 0.15) is 5.75 Å². The second-order valence-corrected chi connectivity index (χ2v) is 5.65. The summed E-state index contributed by atoms with van der Waals surface area (Å²) < 4.78 is 0. The van der Waals surface area contributed by atoms with E-state index in [-0.39, 0.29) is 17.0 Å². The van der Waals surface area contributed by atoms with Gasteiger partial charge in [0, 0.05) is 18.3 Å². The number of allylic oxidation sites excluding steroid dienone is 1. The van der Waals surface area contributed by atoms with Crippen molar-refractivity contribution in [1.29, 1.82) is 0 Å². The fourth-order valence-corrected chi connectivity index (χ4v) is 2.51. The zero-order valence-corrected chi connectivity index (χ0v) is 14.1. The van der Waals surface area contributed by atoms with Crippen molar-refractivity contribution in [2.24, 2.45) is 5.10 Å². The van der Waals surface area contributed by atoms with E-state index in [1.165, 1.54) is 24.4 Å². The van der Waals surface area contributed by atoms with Crippen LogP contribution in [0.15, 0.2) is 71.8 Å². The number of hydrogen-bond donors (Lipinski definition) is 2. The Hall–Kier alpha value is -4.00. The Balaban J connectivity index is 1.66. The van der Waals surface area contributed by atoms with Crippen LogP contribution < -0.4 is 5.43 Å². The van der Waals surface area contributed by atoms with Crippen LogP contribution in [-0.2, 0) is 0 Å². The van der Waals surface area contributed by atoms with Crippen LogP contribution in [0.3, 0.4) is 0 Å². The van der Waals surface area contributed by atoms with Gasteiger partial charge >= 0.3 is 0 Å². The van der Waals surface area contributed by atoms with Crippen LogP contribution in [0.1, 0.15) is 15.9 Å². The Morgan fingerprint density at radius 3 is 2.56 bits per heavy atom. The van der Waals surface area contributed by atoms with Gasteiger partial charge in [0.05, 0.1) is 10.5 Å². The van der Waals surface area contributed by atoms with Gasteiger partial charge in [-0.1, -0.05) is 42.5 Å². The zero-order chi connectivity index (χ0) is 19.2. The van der Waals surface area contributed by atoms with Crippen molar-refractivity contribution in [3.05, 3.63) is 88.0 Å². The van der Waals surface area contributed by atoms with Crippen LogP contribution in [0.25, 0.3) is 16.8 Å². The number of non-ortho nitro benzene ring substituents is 1. The Morgan fingerprint density at radius 1 is 1.07 bits per heavy atom. The van der Waals surface area contributed by atoms with Crippen molar-refractivity contribution in [1.82, 2.24) is 5.43 Å². The highest BCUT2D eigenvalue weighted by atomic mass is 16.6. The molecule has 0 unspecified atom stereocenters. The lowest BCUT2D eigenvalue weighted by atomic mass is 10.1. The van der Waals surface area contributed by atoms with Crippen molar-refractivity contribution < 1.29 is 14.8 Å². The first kappa shape index (κ1) is 17.8. The second kappa shape index (κ2) is 7.92. The van der Waals surface area contributed by atoms with Gasteiger partial charge in [-0.05, 0) is 34.5 Å². The standard InChI is InChI=1S/C20H15N3O4/c24-19-13-16-8-2-1-7-15(16)12-18(19)20(25)22-21-10-4-6-14-5-3-9-17(11-14)23(26)27/h1-13,24H,(H,22,25). The minimum Gasteiger partial charge on any atom is -0.507 e. The molecule has 0 bridgehead atoms. The molecule has 1 amide bonds. The number of hydrazone groups is 1. The van der Waals surface area contributed by atoms with Crippen molar-refractivity contribution in [3.8, 4) is 5.75 Å². The number of nitrogens with one attached hydrogen (secondary N) is 1. The summed E-state index contributed by atoms with van der Waals surface area (Å²) in [6.07, 6.45) is 4.50. The van der Waals surface area contributed by atoms with E-state index < -0.39 is 10.8 Å². The summed E-state index contributed by atoms with van der Waals surface area (Å²) in [7, 11) is 0. The molecule has 0 radical (unpaired) electrons. The minimum absolute atomic E-state index is 0.00540. The quantitative estimate of drug-likeness (QED) is 0.409. The SMILES string of the molecule is O=C(NN=CC=Cc1cccc([N+](=O)[O-])c1)c1cc2ccccc2cc1O. The maximum Gasteiger partial charge on any atom is 0.275 e. The van der Waals surface area contributed by atoms with Crippen LogP contribution in [-0.4, -0.2) is 22.2 Å². The molecular formula is C20H15N3O4. The number of carbonyl (C=O) groups is 1. The van der Waals surface area contributed by atoms with Crippen LogP contribution >= 0.6 is 0 Å². The third kappa shape index (κ3) is 4.35. The Morgan fingerprint density at radius 2 is 1.81 bits per heavy atom. The summed E-state index contributed by atoms with van der Waals surface area (Å²) in [6, 6.07) is 16.6. The highest BCUT2D eigenvalue weighted by Gasteiger charge is 2.11. The molecule has 3 aromatic rings. The Labute approximate surface area is 154 Å². The lowest BCUT2D eigenvalue weighted by Crippen LogP contribution is -2.17. The zero-order valence-electron chi connectivity index (χ0n) is 14.1. The van der Waals surface area contributed by atoms with E-state index in [0.29, 0.717) is 5.56 Å². The first-order chi connectivity index (χ1) is 13.0. The summed E-state index contributed by atoms with van der Waals surface area (Å²) in [5.74, 6) is -0.674. The largest absolute Gasteiger partial charge is 0.507 e. The average molecular weight is 361 g/mol. The molecule has 7 heteroatoms. The first-order valence-corrected chi connectivity index (χ1v) is 8.01. The summed E-state index contributed by atoms with van der Waals surface area (Å²) in [4.78, 5) is 22.4. The van der Waals surface area contributed by atoms with Crippen molar-refractivity contribution in [3.63, 3.8) is 0 Å². The molecule has 0 aliphatic heterocycles. The molecule has 0 saturated carbocycles. The highest BCUT2D eigenvalue weighted by Crippen LogP contribution is 2.24. The summed E-state index contributed by atoms with van der Waals surface area (Å²) in [5, 5.41) is 26.2. The van der Waals surface area contributed by atoms with Crippen LogP contribution in [0.2, 0.25) is 0 Å². The van der Waals surface area contributed by atoms with Gasteiger partial charge < -0.3 is 5.11 Å². The molecule has 7 nitrogen and oxygen atoms in total. The van der Waals surface area contributed by atoms with Crippen LogP contribution in [0.5, 0.6) is 5.75 Å². The maximum atomic E-state index is 12.2. The molecular weight excluding hydrogens is 346 g/mol. The molecule has 134 valence electrons. The van der Waals surface area contributed by atoms with Gasteiger partial charge in [-0.25, -0.2) is 5.43 Å². The number of nitro benzene ring substituents is 1. The number of fused-ring (bicyclic) bond motifs is 1. The van der Waals surface area contributed by atoms with E-state index in [0.717, 1.165) is 10.8 Å². The summed E-state index contributed by atoms with van der Waals surface area (Å²) >= 11 is 0. The number of nitrogens with zero attached hydrogens (tertiary/aromatic N) is 2. The molecule has 3 rings (SSSR count). The van der Waals surface area contributed by atoms with Crippen LogP contribution in [0.4, 0.5) is 5.69 Å². The fraction of sp³-hybridized carbons (Fsp3) is 0. The minimum atomic E-state index is -0.543. The number of rotatable bonds is 5. The normalized spacial score (nSPS) is 11.3. The van der Waals surface area contributed by atoms with E-state index in [9.17, 15) is 20.0 Å². The van der Waals surface area contributed by atoms with E-state index in [2.05, 4.69) is 10.5 Å². The molecule has 2 N–H and O–H groups in total. The molecule has 0 fully saturated rings. The number of nitro groups is 1. The highest BCUT2D eigenvalue weighted by molar-refractivity contribution is 6.01. The fourth-order valence-electron chi connectivity index (χ4n) is 2.51. The number of carbonyl (C=O) groups excluding carboxylic acids is 1. The topological polar surface area (TPSA) is 105 Å². The Kier molecular flexibility index (Phi) is 5.22. The van der Waals surface area contributed by atoms with Crippen molar-refractivity contribution in [2.75, 3.05) is 0 Å². The number of phenols is 1. The van der Waals surface area contributed by atoms with Crippen molar-refractivity contribution >= 4 is 34.7 Å². The third-order valence-corrected chi connectivity index (χ3v) is 3.81. The molecule has 0 saturated heterocycles. The van der Waals surface area contributed by atoms with Gasteiger partial charge in [-0.2, -0.15) is 5.10 Å². The number of benzene rings is 3. The number of amides is 1. The van der Waals surface area contributed by atoms with E-state index in [1.54, 1.807) is 30.4 Å². The maximum absolute atomic E-state index is 12.2. The molecule has 0 atom stereocenters. The molecule has 0 spiro atoms. The summed E-state index contributed by atoms with van der Waals surface area (Å²) in [5.41, 5.74) is 3.08. The average Bonchev–Trinajstić information content (AvgIpc) is 2.67. The molecule has 0 heterocycles. The lowest BCUT2D eigenvalue weighted by molar-refractivity contribution is -0.384. The number of aromatic hydroxyl groups is 1. The third-order valence-electron chi connectivity index (χ3n) is 3.81. The van der Waals surface area contributed by atoms with Gasteiger partial charge in [-0.3, -0.25) is 14.9 Å². The predicted octanol–water partition coefficient (Wildman–Crippen LogP) is 3.88. The lowest BCUT2D eigenvalue weighted by Gasteiger charge is -2.05. The van der Waals surface area contributed by atoms with Gasteiger partial charge in [0.2, 0.25) is 0 Å². The van der Waals surface area contributed by atoms with Gasteiger partial charge in [0.25, 0.3) is 11.6 Å². The number of phenolic OH excluding ortho intramolecular Hbond substituents is 1. The summed E-state index contributed by atoms with van der Waals surface area (Å²) in [6.45, 7) is 0. The van der Waals surface area contributed by atoms with E-state index in [4.69, 9.17) is 0 Å². The monoisotopic (exact) mass is 361 g/mol. The second-order valence-electron chi connectivity index (χ2n) is 5.65. The molecule has 27 heavy (non-hydrogen) atoms. The predicted molar refractivity (Wildman–Crippen MR) is 104 cm³/mol. The van der Waals surface area contributed by atoms with E-state index >= 15 is 0 Å². The van der Waals surface area contributed by atoms with Gasteiger partial charge in [-0.15, -0.1) is 0 Å². The van der Waals surface area contributed by atoms with E-state index in [1.807, 2.05) is 24.3 Å². The molecule has 3 aromatic carbocycles. The number of hydrogen-bond acceptors (Lipinski definition) is 5. The molecule has 0 aromatic heterocycles. The first-order valence-electron chi connectivity index (χ1n) is 8.01. The van der Waals surface area contributed by atoms with Gasteiger partial charge in [0.15, 0.2) is 0 Å². The molecule has 0 aliphatic rings. The molecule has 0 aliphatic carbocycles. The Bertz CT molecular complexity index is 1070.